The van der Waals surface area contributed by atoms with Crippen LogP contribution in [0.2, 0.25) is 0 Å². The van der Waals surface area contributed by atoms with E-state index >= 15 is 0 Å². The average Bonchev–Trinajstić information content (AvgIpc) is 3.23. The molecule has 2 rings (SSSR count). The lowest BCUT2D eigenvalue weighted by molar-refractivity contribution is -0.117. The first-order valence-electron chi connectivity index (χ1n) is 7.80. The molecule has 0 atom stereocenters. The Morgan fingerprint density at radius 3 is 2.59 bits per heavy atom. The van der Waals surface area contributed by atoms with Crippen LogP contribution in [0.5, 0.6) is 0 Å². The Morgan fingerprint density at radius 1 is 1.36 bits per heavy atom. The molecule has 1 aliphatic carbocycles. The number of amides is 1. The molecule has 0 spiro atoms. The zero-order chi connectivity index (χ0) is 16.3. The molecule has 1 fully saturated rings. The molecule has 1 aliphatic rings. The fourth-order valence-electron chi connectivity index (χ4n) is 2.67. The van der Waals surface area contributed by atoms with Crippen molar-refractivity contribution in [3.8, 4) is 0 Å². The average molecular weight is 310 g/mol. The molecule has 0 saturated heterocycles. The molecule has 1 saturated carbocycles. The Labute approximate surface area is 130 Å². The number of hydrogen-bond donors (Lipinski definition) is 1. The summed E-state index contributed by atoms with van der Waals surface area (Å²) in [4.78, 5) is 13.9. The van der Waals surface area contributed by atoms with E-state index in [9.17, 15) is 13.6 Å². The number of carbonyl (C=O) groups is 1. The summed E-state index contributed by atoms with van der Waals surface area (Å²) in [6.07, 6.45) is -0.596. The lowest BCUT2D eigenvalue weighted by atomic mass is 9.98. The summed E-state index contributed by atoms with van der Waals surface area (Å²) in [7, 11) is 0. The van der Waals surface area contributed by atoms with Crippen LogP contribution < -0.4 is 5.32 Å². The van der Waals surface area contributed by atoms with Crippen molar-refractivity contribution in [2.75, 3.05) is 18.4 Å². The van der Waals surface area contributed by atoms with E-state index in [2.05, 4.69) is 19.2 Å². The first-order chi connectivity index (χ1) is 10.4. The van der Waals surface area contributed by atoms with Gasteiger partial charge in [0.15, 0.2) is 0 Å². The number of benzene rings is 1. The number of anilines is 1. The van der Waals surface area contributed by atoms with Gasteiger partial charge in [-0.2, -0.15) is 0 Å². The van der Waals surface area contributed by atoms with E-state index in [1.807, 2.05) is 25.1 Å². The minimum absolute atomic E-state index is 0.0286. The van der Waals surface area contributed by atoms with E-state index in [4.69, 9.17) is 0 Å². The van der Waals surface area contributed by atoms with Crippen molar-refractivity contribution in [1.29, 1.82) is 0 Å². The number of hydrogen-bond acceptors (Lipinski definition) is 2. The van der Waals surface area contributed by atoms with Crippen LogP contribution in [0.3, 0.4) is 0 Å². The Balaban J connectivity index is 2.05. The molecule has 1 amide bonds. The lowest BCUT2D eigenvalue weighted by Gasteiger charge is -2.22. The summed E-state index contributed by atoms with van der Waals surface area (Å²) in [6, 6.07) is 6.04. The largest absolute Gasteiger partial charge is 0.324 e. The molecular weight excluding hydrogens is 286 g/mol. The molecule has 1 aromatic carbocycles. The second kappa shape index (κ2) is 7.18. The minimum atomic E-state index is -2.40. The number of nitrogens with zero attached hydrogens (tertiary/aromatic N) is 1. The highest BCUT2D eigenvalue weighted by atomic mass is 19.3. The highest BCUT2D eigenvalue weighted by Crippen LogP contribution is 2.29. The molecular formula is C17H24F2N2O. The molecule has 5 heteroatoms. The first-order valence-corrected chi connectivity index (χ1v) is 7.80. The van der Waals surface area contributed by atoms with Crippen molar-refractivity contribution in [2.24, 2.45) is 0 Å². The van der Waals surface area contributed by atoms with Crippen LogP contribution in [0.25, 0.3) is 0 Å². The summed E-state index contributed by atoms with van der Waals surface area (Å²) in [5.41, 5.74) is 2.88. The van der Waals surface area contributed by atoms with Gasteiger partial charge in [0.2, 0.25) is 5.91 Å². The fraction of sp³-hybridized carbons (Fsp3) is 0.588. The minimum Gasteiger partial charge on any atom is -0.324 e. The van der Waals surface area contributed by atoms with Crippen molar-refractivity contribution in [3.05, 3.63) is 29.3 Å². The quantitative estimate of drug-likeness (QED) is 0.831. The van der Waals surface area contributed by atoms with Crippen molar-refractivity contribution in [3.63, 3.8) is 0 Å². The number of alkyl halides is 2. The zero-order valence-electron chi connectivity index (χ0n) is 13.4. The van der Waals surface area contributed by atoms with E-state index in [0.29, 0.717) is 0 Å². The molecule has 1 N–H and O–H groups in total. The third-order valence-corrected chi connectivity index (χ3v) is 3.97. The van der Waals surface area contributed by atoms with E-state index in [0.717, 1.165) is 29.7 Å². The van der Waals surface area contributed by atoms with Gasteiger partial charge in [-0.05, 0) is 36.8 Å². The zero-order valence-corrected chi connectivity index (χ0v) is 13.4. The molecule has 22 heavy (non-hydrogen) atoms. The second-order valence-electron chi connectivity index (χ2n) is 6.29. The van der Waals surface area contributed by atoms with Crippen LogP contribution >= 0.6 is 0 Å². The second-order valence-corrected chi connectivity index (χ2v) is 6.29. The van der Waals surface area contributed by atoms with Crippen molar-refractivity contribution >= 4 is 11.6 Å². The summed E-state index contributed by atoms with van der Waals surface area (Å²) in [5, 5.41) is 2.92. The summed E-state index contributed by atoms with van der Waals surface area (Å²) in [5.74, 6) is 0.0690. The van der Waals surface area contributed by atoms with E-state index < -0.39 is 6.43 Å². The van der Waals surface area contributed by atoms with Crippen LogP contribution in [0.4, 0.5) is 14.5 Å². The number of rotatable bonds is 7. The van der Waals surface area contributed by atoms with Gasteiger partial charge in [0, 0.05) is 11.7 Å². The SMILES string of the molecule is Cc1cccc(C(C)C)c1NC(=O)CN(CC(F)F)C1CC1. The third-order valence-electron chi connectivity index (χ3n) is 3.97. The maximum atomic E-state index is 12.6. The molecule has 122 valence electrons. The molecule has 0 heterocycles. The Hall–Kier alpha value is -1.49. The molecule has 0 radical (unpaired) electrons. The number of aryl methyl sites for hydroxylation is 1. The number of para-hydroxylation sites is 1. The predicted octanol–water partition coefficient (Wildman–Crippen LogP) is 3.79. The van der Waals surface area contributed by atoms with Crippen LogP contribution in [0.1, 0.15) is 43.7 Å². The maximum absolute atomic E-state index is 12.6. The van der Waals surface area contributed by atoms with Crippen LogP contribution in [-0.2, 0) is 4.79 Å². The molecule has 1 aromatic rings. The van der Waals surface area contributed by atoms with Gasteiger partial charge in [-0.1, -0.05) is 32.0 Å². The van der Waals surface area contributed by atoms with Crippen molar-refractivity contribution < 1.29 is 13.6 Å². The fourth-order valence-corrected chi connectivity index (χ4v) is 2.67. The topological polar surface area (TPSA) is 32.3 Å². The highest BCUT2D eigenvalue weighted by Gasteiger charge is 2.32. The van der Waals surface area contributed by atoms with Crippen LogP contribution in [0.15, 0.2) is 18.2 Å². The van der Waals surface area contributed by atoms with Crippen molar-refractivity contribution in [2.45, 2.75) is 52.0 Å². The predicted molar refractivity (Wildman–Crippen MR) is 84.5 cm³/mol. The highest BCUT2D eigenvalue weighted by molar-refractivity contribution is 5.94. The smallest absolute Gasteiger partial charge is 0.251 e. The van der Waals surface area contributed by atoms with Gasteiger partial charge in [0.05, 0.1) is 13.1 Å². The van der Waals surface area contributed by atoms with Gasteiger partial charge in [0.1, 0.15) is 0 Å². The van der Waals surface area contributed by atoms with Crippen LogP contribution in [0, 0.1) is 6.92 Å². The van der Waals surface area contributed by atoms with Gasteiger partial charge in [-0.15, -0.1) is 0 Å². The van der Waals surface area contributed by atoms with E-state index in [1.165, 1.54) is 0 Å². The van der Waals surface area contributed by atoms with E-state index in [-0.39, 0.29) is 31.0 Å². The van der Waals surface area contributed by atoms with Gasteiger partial charge in [0.25, 0.3) is 6.43 Å². The Bertz CT molecular complexity index is 527. The molecule has 0 aromatic heterocycles. The van der Waals surface area contributed by atoms with Gasteiger partial charge < -0.3 is 5.32 Å². The van der Waals surface area contributed by atoms with Gasteiger partial charge in [-0.25, -0.2) is 8.78 Å². The number of nitrogens with one attached hydrogen (secondary N) is 1. The summed E-state index contributed by atoms with van der Waals surface area (Å²) >= 11 is 0. The molecule has 0 unspecified atom stereocenters. The standard InChI is InChI=1S/C17H24F2N2O/c1-11(2)14-6-4-5-12(3)17(14)20-16(22)10-21(9-15(18)19)13-7-8-13/h4-6,11,13,15H,7-10H2,1-3H3,(H,20,22). The summed E-state index contributed by atoms with van der Waals surface area (Å²) in [6.45, 7) is 5.78. The molecule has 3 nitrogen and oxygen atoms in total. The van der Waals surface area contributed by atoms with Gasteiger partial charge in [-0.3, -0.25) is 9.69 Å². The summed E-state index contributed by atoms with van der Waals surface area (Å²) < 4.78 is 25.2. The Kier molecular flexibility index (Phi) is 5.51. The van der Waals surface area contributed by atoms with E-state index in [1.54, 1.807) is 4.90 Å². The first kappa shape index (κ1) is 16.9. The molecule has 0 bridgehead atoms. The third kappa shape index (κ3) is 4.50. The Morgan fingerprint density at radius 2 is 2.05 bits per heavy atom. The maximum Gasteiger partial charge on any atom is 0.251 e. The van der Waals surface area contributed by atoms with Crippen LogP contribution in [-0.4, -0.2) is 36.4 Å². The van der Waals surface area contributed by atoms with Crippen molar-refractivity contribution in [1.82, 2.24) is 4.90 Å². The van der Waals surface area contributed by atoms with Gasteiger partial charge >= 0.3 is 0 Å². The number of halogens is 2. The monoisotopic (exact) mass is 310 g/mol. The number of carbonyl (C=O) groups excluding carboxylic acids is 1. The molecule has 0 aliphatic heterocycles. The normalized spacial score (nSPS) is 14.9. The lowest BCUT2D eigenvalue weighted by Crippen LogP contribution is -2.38.